The summed E-state index contributed by atoms with van der Waals surface area (Å²) in [7, 11) is 0. The molecule has 1 atom stereocenters. The van der Waals surface area contributed by atoms with Crippen molar-refractivity contribution in [2.75, 3.05) is 6.54 Å². The van der Waals surface area contributed by atoms with Crippen molar-refractivity contribution in [1.82, 2.24) is 10.6 Å². The van der Waals surface area contributed by atoms with E-state index < -0.39 is 18.0 Å². The van der Waals surface area contributed by atoms with Crippen molar-refractivity contribution in [2.24, 2.45) is 0 Å². The van der Waals surface area contributed by atoms with Crippen molar-refractivity contribution >= 4 is 39.3 Å². The van der Waals surface area contributed by atoms with Gasteiger partial charge in [0.15, 0.2) is 0 Å². The molecule has 0 aliphatic heterocycles. The first kappa shape index (κ1) is 15.0. The topological polar surface area (TPSA) is 78.4 Å². The third-order valence-electron chi connectivity index (χ3n) is 2.30. The molecule has 0 aliphatic rings. The van der Waals surface area contributed by atoms with Crippen LogP contribution in [0.4, 0.5) is 4.79 Å². The Hall–Kier alpha value is -1.08. The molecule has 0 aromatic carbocycles. The second kappa shape index (κ2) is 7.38. The number of carboxylic acids is 1. The predicted molar refractivity (Wildman–Crippen MR) is 74.0 cm³/mol. The van der Waals surface area contributed by atoms with Gasteiger partial charge in [-0.05, 0) is 40.9 Å². The summed E-state index contributed by atoms with van der Waals surface area (Å²) in [6.07, 6.45) is 1.09. The molecule has 0 unspecified atom stereocenters. The average molecular weight is 335 g/mol. The molecular formula is C11H15BrN2O3S. The maximum Gasteiger partial charge on any atom is 0.326 e. The summed E-state index contributed by atoms with van der Waals surface area (Å²) >= 11 is 4.98. The highest BCUT2D eigenvalue weighted by atomic mass is 79.9. The van der Waals surface area contributed by atoms with Gasteiger partial charge >= 0.3 is 12.0 Å². The van der Waals surface area contributed by atoms with Gasteiger partial charge in [0.25, 0.3) is 0 Å². The fraction of sp³-hybridized carbons (Fsp3) is 0.455. The fourth-order valence-corrected chi connectivity index (χ4v) is 2.82. The Labute approximate surface area is 118 Å². The van der Waals surface area contributed by atoms with Gasteiger partial charge in [0.1, 0.15) is 6.04 Å². The van der Waals surface area contributed by atoms with E-state index in [4.69, 9.17) is 5.11 Å². The predicted octanol–water partition coefficient (Wildman–Crippen LogP) is 2.22. The normalized spacial score (nSPS) is 11.9. The number of thiophene rings is 1. The molecule has 1 aromatic heterocycles. The van der Waals surface area contributed by atoms with Crippen molar-refractivity contribution in [1.29, 1.82) is 0 Å². The number of nitrogens with one attached hydrogen (secondary N) is 2. The van der Waals surface area contributed by atoms with Crippen molar-refractivity contribution < 1.29 is 14.7 Å². The Morgan fingerprint density at radius 3 is 2.72 bits per heavy atom. The van der Waals surface area contributed by atoms with E-state index in [1.807, 2.05) is 12.1 Å². The van der Waals surface area contributed by atoms with E-state index in [1.54, 1.807) is 18.3 Å². The highest BCUT2D eigenvalue weighted by molar-refractivity contribution is 9.11. The number of hydrogen-bond acceptors (Lipinski definition) is 3. The van der Waals surface area contributed by atoms with Gasteiger partial charge in [-0.25, -0.2) is 9.59 Å². The van der Waals surface area contributed by atoms with Crippen LogP contribution in [-0.2, 0) is 11.2 Å². The number of carboxylic acid groups (broad SMARTS) is 1. The second-order valence-electron chi connectivity index (χ2n) is 3.66. The summed E-state index contributed by atoms with van der Waals surface area (Å²) in [5.41, 5.74) is 0. The van der Waals surface area contributed by atoms with Gasteiger partial charge in [0.2, 0.25) is 0 Å². The van der Waals surface area contributed by atoms with Crippen LogP contribution >= 0.6 is 27.3 Å². The summed E-state index contributed by atoms with van der Waals surface area (Å²) in [4.78, 5) is 23.3. The minimum Gasteiger partial charge on any atom is -0.480 e. The van der Waals surface area contributed by atoms with Crippen LogP contribution in [0, 0.1) is 0 Å². The number of urea groups is 1. The van der Waals surface area contributed by atoms with E-state index in [1.165, 1.54) is 0 Å². The van der Waals surface area contributed by atoms with E-state index >= 15 is 0 Å². The van der Waals surface area contributed by atoms with Gasteiger partial charge in [-0.15, -0.1) is 11.3 Å². The largest absolute Gasteiger partial charge is 0.480 e. The Bertz CT molecular complexity index is 422. The molecule has 18 heavy (non-hydrogen) atoms. The molecule has 1 heterocycles. The third kappa shape index (κ3) is 5.05. The number of rotatable bonds is 6. The van der Waals surface area contributed by atoms with Crippen molar-refractivity contribution in [3.63, 3.8) is 0 Å². The van der Waals surface area contributed by atoms with Crippen LogP contribution in [0.5, 0.6) is 0 Å². The highest BCUT2D eigenvalue weighted by Crippen LogP contribution is 2.21. The van der Waals surface area contributed by atoms with E-state index in [2.05, 4.69) is 26.6 Å². The molecule has 7 heteroatoms. The van der Waals surface area contributed by atoms with Crippen LogP contribution in [-0.4, -0.2) is 29.7 Å². The highest BCUT2D eigenvalue weighted by Gasteiger charge is 2.16. The zero-order valence-electron chi connectivity index (χ0n) is 9.90. The van der Waals surface area contributed by atoms with Gasteiger partial charge in [0.05, 0.1) is 3.79 Å². The minimum absolute atomic E-state index is 0.362. The smallest absolute Gasteiger partial charge is 0.326 e. The van der Waals surface area contributed by atoms with Crippen LogP contribution in [0.3, 0.4) is 0 Å². The number of amides is 2. The first-order valence-corrected chi connectivity index (χ1v) is 7.15. The number of carbonyl (C=O) groups is 2. The first-order chi connectivity index (χ1) is 8.52. The minimum atomic E-state index is -1.02. The number of hydrogen-bond donors (Lipinski definition) is 3. The Morgan fingerprint density at radius 1 is 1.50 bits per heavy atom. The second-order valence-corrected chi connectivity index (χ2v) is 6.20. The molecule has 5 nitrogen and oxygen atoms in total. The molecule has 0 aliphatic carbocycles. The van der Waals surface area contributed by atoms with Gasteiger partial charge in [-0.2, -0.15) is 0 Å². The lowest BCUT2D eigenvalue weighted by atomic mass is 10.2. The standard InChI is InChI=1S/C11H15BrN2O3S/c1-2-8(10(15)16)14-11(17)13-6-5-7-3-4-9(12)18-7/h3-4,8H,2,5-6H2,1H3,(H,15,16)(H2,13,14,17)/t8-/m0/s1. The molecule has 0 fully saturated rings. The molecule has 1 rings (SSSR count). The lowest BCUT2D eigenvalue weighted by Crippen LogP contribution is -2.46. The summed E-state index contributed by atoms with van der Waals surface area (Å²) in [5, 5.41) is 13.8. The van der Waals surface area contributed by atoms with Crippen molar-refractivity contribution in [2.45, 2.75) is 25.8 Å². The van der Waals surface area contributed by atoms with E-state index in [-0.39, 0.29) is 0 Å². The van der Waals surface area contributed by atoms with Crippen LogP contribution < -0.4 is 10.6 Å². The van der Waals surface area contributed by atoms with Gasteiger partial charge in [-0.3, -0.25) is 0 Å². The van der Waals surface area contributed by atoms with Crippen LogP contribution in [0.1, 0.15) is 18.2 Å². The summed E-state index contributed by atoms with van der Waals surface area (Å²) in [5.74, 6) is -1.02. The van der Waals surface area contributed by atoms with Crippen LogP contribution in [0.25, 0.3) is 0 Å². The third-order valence-corrected chi connectivity index (χ3v) is 3.98. The van der Waals surface area contributed by atoms with Crippen LogP contribution in [0.2, 0.25) is 0 Å². The molecule has 0 bridgehead atoms. The molecule has 0 radical (unpaired) electrons. The monoisotopic (exact) mass is 334 g/mol. The van der Waals surface area contributed by atoms with E-state index in [0.29, 0.717) is 13.0 Å². The van der Waals surface area contributed by atoms with E-state index in [9.17, 15) is 9.59 Å². The molecule has 3 N–H and O–H groups in total. The molecule has 0 saturated carbocycles. The maximum atomic E-state index is 11.4. The van der Waals surface area contributed by atoms with Gasteiger partial charge in [0, 0.05) is 11.4 Å². The lowest BCUT2D eigenvalue weighted by molar-refractivity contribution is -0.139. The number of halogens is 1. The molecule has 0 spiro atoms. The van der Waals surface area contributed by atoms with Gasteiger partial charge < -0.3 is 15.7 Å². The number of carbonyl (C=O) groups excluding carboxylic acids is 1. The summed E-state index contributed by atoms with van der Waals surface area (Å²) < 4.78 is 1.05. The maximum absolute atomic E-state index is 11.4. The SMILES string of the molecule is CC[C@H](NC(=O)NCCc1ccc(Br)s1)C(=O)O. The van der Waals surface area contributed by atoms with Crippen molar-refractivity contribution in [3.05, 3.63) is 20.8 Å². The lowest BCUT2D eigenvalue weighted by Gasteiger charge is -2.12. The summed E-state index contributed by atoms with van der Waals surface area (Å²) in [6, 6.07) is 2.67. The average Bonchev–Trinajstić information content (AvgIpc) is 2.71. The first-order valence-electron chi connectivity index (χ1n) is 5.54. The van der Waals surface area contributed by atoms with Gasteiger partial charge in [-0.1, -0.05) is 6.92 Å². The Morgan fingerprint density at radius 2 is 2.22 bits per heavy atom. The zero-order chi connectivity index (χ0) is 13.5. The quantitative estimate of drug-likeness (QED) is 0.746. The van der Waals surface area contributed by atoms with Crippen LogP contribution in [0.15, 0.2) is 15.9 Å². The number of aliphatic carboxylic acids is 1. The Balaban J connectivity index is 2.26. The summed E-state index contributed by atoms with van der Waals surface area (Å²) in [6.45, 7) is 2.19. The molecule has 1 aromatic rings. The zero-order valence-corrected chi connectivity index (χ0v) is 12.3. The molecule has 2 amide bonds. The Kier molecular flexibility index (Phi) is 6.14. The molecular weight excluding hydrogens is 320 g/mol. The molecule has 0 saturated heterocycles. The van der Waals surface area contributed by atoms with E-state index in [0.717, 1.165) is 15.1 Å². The fourth-order valence-electron chi connectivity index (χ4n) is 1.33. The molecule has 100 valence electrons. The van der Waals surface area contributed by atoms with Crippen molar-refractivity contribution in [3.8, 4) is 0 Å².